The van der Waals surface area contributed by atoms with E-state index in [-0.39, 0.29) is 18.1 Å². The van der Waals surface area contributed by atoms with Gasteiger partial charge in [0.15, 0.2) is 4.80 Å². The summed E-state index contributed by atoms with van der Waals surface area (Å²) >= 11 is 1.17. The number of allylic oxidation sites excluding steroid dienone is 1. The minimum absolute atomic E-state index is 0.202. The summed E-state index contributed by atoms with van der Waals surface area (Å²) in [6.07, 6.45) is 0. The summed E-state index contributed by atoms with van der Waals surface area (Å²) < 4.78 is 7.19. The van der Waals surface area contributed by atoms with Crippen LogP contribution in [0, 0.1) is 0 Å². The number of carbonyl (C=O) groups is 2. The number of ether oxygens (including phenoxy) is 1. The van der Waals surface area contributed by atoms with Gasteiger partial charge in [-0.3, -0.25) is 14.2 Å². The van der Waals surface area contributed by atoms with Crippen LogP contribution in [0.3, 0.4) is 0 Å². The largest absolute Gasteiger partial charge is 0.463 e. The lowest BCUT2D eigenvalue weighted by atomic mass is 9.95. The smallest absolute Gasteiger partial charge is 0.338 e. The Morgan fingerprint density at radius 1 is 1.11 bits per heavy atom. The number of amides is 1. The first kappa shape index (κ1) is 23.7. The van der Waals surface area contributed by atoms with Crippen LogP contribution in [0.1, 0.15) is 31.0 Å². The molecule has 0 bridgehead atoms. The fourth-order valence-electron chi connectivity index (χ4n) is 4.70. The highest BCUT2D eigenvalue weighted by Crippen LogP contribution is 2.35. The van der Waals surface area contributed by atoms with Crippen molar-refractivity contribution < 1.29 is 14.3 Å². The van der Waals surface area contributed by atoms with Crippen LogP contribution in [-0.2, 0) is 14.3 Å². The quantitative estimate of drug-likeness (QED) is 0.511. The van der Waals surface area contributed by atoms with Crippen LogP contribution in [0.5, 0.6) is 0 Å². The predicted molar refractivity (Wildman–Crippen MR) is 140 cm³/mol. The second kappa shape index (κ2) is 8.91. The number of para-hydroxylation sites is 1. The predicted octanol–water partition coefficient (Wildman–Crippen LogP) is 2.21. The molecular weight excluding hydrogens is 476 g/mol. The van der Waals surface area contributed by atoms with Gasteiger partial charge < -0.3 is 14.5 Å². The number of likely N-dealkylation sites (N-methyl/N-ethyl adjacent to an activating group) is 1. The molecule has 2 aliphatic heterocycles. The lowest BCUT2D eigenvalue weighted by Gasteiger charge is -2.25. The van der Waals surface area contributed by atoms with Gasteiger partial charge in [0.05, 0.1) is 35.2 Å². The monoisotopic (exact) mass is 502 g/mol. The molecule has 0 fully saturated rings. The van der Waals surface area contributed by atoms with Crippen LogP contribution in [-0.4, -0.2) is 44.2 Å². The number of benzene rings is 2. The van der Waals surface area contributed by atoms with Gasteiger partial charge in [-0.15, -0.1) is 0 Å². The molecule has 0 unspecified atom stereocenters. The maximum absolute atomic E-state index is 14.0. The maximum Gasteiger partial charge on any atom is 0.338 e. The van der Waals surface area contributed by atoms with E-state index in [4.69, 9.17) is 4.74 Å². The van der Waals surface area contributed by atoms with E-state index in [1.165, 1.54) is 15.9 Å². The lowest BCUT2D eigenvalue weighted by Crippen LogP contribution is -2.40. The Hall–Kier alpha value is -3.98. The molecule has 3 aromatic rings. The number of thiazole rings is 1. The average molecular weight is 503 g/mol. The summed E-state index contributed by atoms with van der Waals surface area (Å²) in [5.74, 6) is -0.755. The van der Waals surface area contributed by atoms with Gasteiger partial charge in [-0.25, -0.2) is 9.79 Å². The molecule has 2 aliphatic rings. The van der Waals surface area contributed by atoms with Crippen LogP contribution in [0.15, 0.2) is 69.6 Å². The number of aromatic nitrogens is 1. The minimum atomic E-state index is -0.727. The summed E-state index contributed by atoms with van der Waals surface area (Å²) in [6.45, 7) is 3.69. The van der Waals surface area contributed by atoms with Gasteiger partial charge in [-0.1, -0.05) is 41.7 Å². The van der Waals surface area contributed by atoms with Crippen LogP contribution in [0.2, 0.25) is 0 Å². The first-order valence-corrected chi connectivity index (χ1v) is 12.4. The zero-order chi connectivity index (χ0) is 25.7. The highest BCUT2D eigenvalue weighted by molar-refractivity contribution is 7.07. The first-order valence-electron chi connectivity index (χ1n) is 11.6. The Morgan fingerprint density at radius 3 is 2.47 bits per heavy atom. The molecule has 1 atom stereocenters. The van der Waals surface area contributed by atoms with Crippen LogP contribution in [0.4, 0.5) is 11.4 Å². The van der Waals surface area contributed by atoms with Gasteiger partial charge in [-0.2, -0.15) is 0 Å². The molecule has 5 rings (SSSR count). The number of fused-ring (bicyclic) bond motifs is 2. The number of carbonyl (C=O) groups excluding carboxylic acids is 2. The Kier molecular flexibility index (Phi) is 5.88. The fourth-order valence-corrected chi connectivity index (χ4v) is 5.84. The molecule has 0 radical (unpaired) electrons. The van der Waals surface area contributed by atoms with E-state index in [0.717, 1.165) is 16.9 Å². The maximum atomic E-state index is 14.0. The molecule has 0 saturated heterocycles. The van der Waals surface area contributed by atoms with Crippen molar-refractivity contribution >= 4 is 40.2 Å². The van der Waals surface area contributed by atoms with Crippen LogP contribution < -0.4 is 24.7 Å². The summed E-state index contributed by atoms with van der Waals surface area (Å²) in [6, 6.07) is 14.4. The number of nitrogens with zero attached hydrogens (tertiary/aromatic N) is 4. The molecule has 0 aliphatic carbocycles. The normalized spacial score (nSPS) is 18.1. The molecule has 1 amide bonds. The number of anilines is 2. The number of rotatable bonds is 4. The van der Waals surface area contributed by atoms with Gasteiger partial charge in [0.2, 0.25) is 0 Å². The molecule has 0 saturated carbocycles. The van der Waals surface area contributed by atoms with Crippen molar-refractivity contribution in [3.05, 3.63) is 90.6 Å². The zero-order valence-electron chi connectivity index (χ0n) is 20.7. The molecule has 1 aromatic heterocycles. The van der Waals surface area contributed by atoms with Crippen LogP contribution >= 0.6 is 11.3 Å². The Morgan fingerprint density at radius 2 is 1.81 bits per heavy atom. The van der Waals surface area contributed by atoms with Gasteiger partial charge in [0.25, 0.3) is 11.5 Å². The van der Waals surface area contributed by atoms with Gasteiger partial charge in [-0.05, 0) is 37.6 Å². The zero-order valence-corrected chi connectivity index (χ0v) is 21.5. The van der Waals surface area contributed by atoms with Crippen molar-refractivity contribution in [2.75, 3.05) is 37.5 Å². The van der Waals surface area contributed by atoms with Crippen molar-refractivity contribution in [3.63, 3.8) is 0 Å². The van der Waals surface area contributed by atoms with Crippen LogP contribution in [0.25, 0.3) is 5.57 Å². The molecular formula is C27H26N4O4S. The highest BCUT2D eigenvalue weighted by Gasteiger charge is 2.36. The van der Waals surface area contributed by atoms with Crippen molar-refractivity contribution in [1.82, 2.24) is 4.57 Å². The van der Waals surface area contributed by atoms with Crippen molar-refractivity contribution in [2.45, 2.75) is 19.9 Å². The van der Waals surface area contributed by atoms with E-state index in [0.29, 0.717) is 31.7 Å². The Bertz CT molecular complexity index is 1610. The second-order valence-corrected chi connectivity index (χ2v) is 9.84. The average Bonchev–Trinajstić information content (AvgIpc) is 3.31. The number of hydrogen-bond acceptors (Lipinski definition) is 7. The Balaban J connectivity index is 1.80. The molecule has 9 heteroatoms. The van der Waals surface area contributed by atoms with E-state index < -0.39 is 12.0 Å². The minimum Gasteiger partial charge on any atom is -0.463 e. The molecule has 0 spiro atoms. The molecule has 36 heavy (non-hydrogen) atoms. The fraction of sp³-hybridized carbons (Fsp3) is 0.259. The van der Waals surface area contributed by atoms with E-state index >= 15 is 0 Å². The van der Waals surface area contributed by atoms with E-state index in [1.807, 2.05) is 67.5 Å². The van der Waals surface area contributed by atoms with E-state index in [9.17, 15) is 14.4 Å². The standard InChI is InChI=1S/C27H26N4O4S/c1-6-35-26(34)20-15(2)28-27-31(22(20)16-11-13-17(14-12-16)29(3)4)25(33)23(36-27)21-18-9-7-8-10-19(18)30(5)24(21)32/h7-14,22H,6H2,1-5H3/b23-21-/t22-/m0/s1. The number of hydrogen-bond donors (Lipinski definition) is 0. The molecule has 184 valence electrons. The molecule has 8 nitrogen and oxygen atoms in total. The third-order valence-electron chi connectivity index (χ3n) is 6.50. The lowest BCUT2D eigenvalue weighted by molar-refractivity contribution is -0.139. The van der Waals surface area contributed by atoms with E-state index in [2.05, 4.69) is 4.99 Å². The third-order valence-corrected chi connectivity index (χ3v) is 7.55. The van der Waals surface area contributed by atoms with Crippen molar-refractivity contribution in [3.8, 4) is 0 Å². The summed E-state index contributed by atoms with van der Waals surface area (Å²) in [7, 11) is 5.59. The molecule has 2 aromatic carbocycles. The Labute approximate surface area is 212 Å². The van der Waals surface area contributed by atoms with E-state index in [1.54, 1.807) is 25.8 Å². The highest BCUT2D eigenvalue weighted by atomic mass is 32.1. The van der Waals surface area contributed by atoms with Crippen molar-refractivity contribution in [1.29, 1.82) is 0 Å². The van der Waals surface area contributed by atoms with Gasteiger partial charge >= 0.3 is 5.97 Å². The van der Waals surface area contributed by atoms with Crippen molar-refractivity contribution in [2.24, 2.45) is 4.99 Å². The SMILES string of the molecule is CCOC(=O)C1=C(C)N=c2s/c(=C3\C(=O)N(C)c4ccccc43)c(=O)n2[C@H]1c1ccc(N(C)C)cc1. The summed E-state index contributed by atoms with van der Waals surface area (Å²) in [4.78, 5) is 48.9. The topological polar surface area (TPSA) is 84.2 Å². The summed E-state index contributed by atoms with van der Waals surface area (Å²) in [5, 5.41) is 0. The molecule has 0 N–H and O–H groups in total. The second-order valence-electron chi connectivity index (χ2n) is 8.87. The van der Waals surface area contributed by atoms with Gasteiger partial charge in [0.1, 0.15) is 4.53 Å². The van der Waals surface area contributed by atoms with Gasteiger partial charge in [0, 0.05) is 32.4 Å². The third kappa shape index (κ3) is 3.58. The number of esters is 1. The first-order chi connectivity index (χ1) is 17.2. The molecule has 3 heterocycles. The summed E-state index contributed by atoms with van der Waals surface area (Å²) in [5.41, 5.74) is 4.01.